The Balaban J connectivity index is 2.99. The number of carbonyl (C=O) groups is 1. The molecule has 0 radical (unpaired) electrons. The second kappa shape index (κ2) is 21.7. The summed E-state index contributed by atoms with van der Waals surface area (Å²) in [5.41, 5.74) is 0. The van der Waals surface area contributed by atoms with Gasteiger partial charge in [0, 0.05) is 6.42 Å². The number of hydrogen-bond acceptors (Lipinski definition) is 1. The van der Waals surface area contributed by atoms with Crippen molar-refractivity contribution in [2.24, 2.45) is 0 Å². The maximum absolute atomic E-state index is 10.6. The van der Waals surface area contributed by atoms with E-state index in [0.29, 0.717) is 6.42 Å². The van der Waals surface area contributed by atoms with E-state index in [9.17, 15) is 4.79 Å². The highest BCUT2D eigenvalue weighted by Gasteiger charge is 1.97. The maximum Gasteiger partial charge on any atom is 0.221 e. The van der Waals surface area contributed by atoms with Crippen molar-refractivity contribution in [2.45, 2.75) is 129 Å². The van der Waals surface area contributed by atoms with Crippen molar-refractivity contribution in [2.75, 3.05) is 0 Å². The second-order valence-corrected chi connectivity index (χ2v) is 7.89. The van der Waals surface area contributed by atoms with E-state index >= 15 is 0 Å². The standard InChI is InChI=1S/C23H43ClO/c1-2-3-4-5-6-7-8-9-10-11-12-13-14-15-16-17-18-19-20-21-22-23(24)25/h2-3H,4-22H2,1H3/b3-2+. The summed E-state index contributed by atoms with van der Waals surface area (Å²) in [4.78, 5) is 10.6. The molecule has 0 unspecified atom stereocenters. The van der Waals surface area contributed by atoms with Gasteiger partial charge in [0.2, 0.25) is 5.24 Å². The number of allylic oxidation sites excluding steroid dienone is 2. The van der Waals surface area contributed by atoms with E-state index in [1.54, 1.807) is 0 Å². The molecule has 0 rings (SSSR count). The molecule has 0 saturated carbocycles. The summed E-state index contributed by atoms with van der Waals surface area (Å²) in [5, 5.41) is -0.180. The smallest absolute Gasteiger partial charge is 0.221 e. The fourth-order valence-corrected chi connectivity index (χ4v) is 3.48. The average Bonchev–Trinajstić information content (AvgIpc) is 2.60. The Bertz CT molecular complexity index is 298. The SMILES string of the molecule is C/C=C/CCCCCCCCCCCCCCCCCCCC(=O)Cl. The fourth-order valence-electron chi connectivity index (χ4n) is 3.34. The van der Waals surface area contributed by atoms with Crippen LogP contribution in [0.25, 0.3) is 0 Å². The van der Waals surface area contributed by atoms with Gasteiger partial charge >= 0.3 is 0 Å². The van der Waals surface area contributed by atoms with Gasteiger partial charge in [-0.1, -0.05) is 108 Å². The van der Waals surface area contributed by atoms with Crippen LogP contribution in [0.2, 0.25) is 0 Å². The van der Waals surface area contributed by atoms with E-state index in [2.05, 4.69) is 19.1 Å². The Morgan fingerprint density at radius 2 is 0.920 bits per heavy atom. The molecule has 0 N–H and O–H groups in total. The zero-order valence-corrected chi connectivity index (χ0v) is 17.6. The highest BCUT2D eigenvalue weighted by atomic mass is 35.5. The Morgan fingerprint density at radius 3 is 1.24 bits per heavy atom. The predicted octanol–water partition coefficient (Wildman–Crippen LogP) is 8.74. The van der Waals surface area contributed by atoms with Gasteiger partial charge in [-0.15, -0.1) is 0 Å². The Labute approximate surface area is 163 Å². The molecule has 148 valence electrons. The second-order valence-electron chi connectivity index (χ2n) is 7.47. The molecule has 0 aromatic heterocycles. The third kappa shape index (κ3) is 23.7. The van der Waals surface area contributed by atoms with Crippen LogP contribution in [0.15, 0.2) is 12.2 Å². The lowest BCUT2D eigenvalue weighted by Crippen LogP contribution is -1.86. The third-order valence-electron chi connectivity index (χ3n) is 4.98. The minimum absolute atomic E-state index is 0.180. The van der Waals surface area contributed by atoms with E-state index in [1.165, 1.54) is 103 Å². The number of halogens is 1. The van der Waals surface area contributed by atoms with Crippen molar-refractivity contribution in [3.63, 3.8) is 0 Å². The number of carbonyl (C=O) groups excluding carboxylic acids is 1. The van der Waals surface area contributed by atoms with Gasteiger partial charge in [-0.25, -0.2) is 0 Å². The first kappa shape index (κ1) is 24.7. The molecule has 0 spiro atoms. The van der Waals surface area contributed by atoms with Crippen molar-refractivity contribution in [1.82, 2.24) is 0 Å². The summed E-state index contributed by atoms with van der Waals surface area (Å²) in [6.07, 6.45) is 29.4. The molecule has 0 aliphatic heterocycles. The molecule has 0 fully saturated rings. The summed E-state index contributed by atoms with van der Waals surface area (Å²) in [6.45, 7) is 2.11. The first-order valence-corrected chi connectivity index (χ1v) is 11.4. The first-order chi connectivity index (χ1) is 12.3. The van der Waals surface area contributed by atoms with Crippen molar-refractivity contribution < 1.29 is 4.79 Å². The van der Waals surface area contributed by atoms with Gasteiger partial charge in [0.05, 0.1) is 0 Å². The minimum atomic E-state index is -0.180. The lowest BCUT2D eigenvalue weighted by molar-refractivity contribution is -0.111. The highest BCUT2D eigenvalue weighted by Crippen LogP contribution is 2.14. The van der Waals surface area contributed by atoms with Crippen LogP contribution in [-0.2, 0) is 4.79 Å². The van der Waals surface area contributed by atoms with Crippen LogP contribution in [0.3, 0.4) is 0 Å². The molecule has 0 aliphatic carbocycles. The Morgan fingerprint density at radius 1 is 0.600 bits per heavy atom. The van der Waals surface area contributed by atoms with Crippen LogP contribution in [0.4, 0.5) is 0 Å². The summed E-state index contributed by atoms with van der Waals surface area (Å²) in [5.74, 6) is 0. The van der Waals surface area contributed by atoms with Gasteiger partial charge in [-0.3, -0.25) is 4.79 Å². The normalized spacial score (nSPS) is 11.4. The molecule has 0 aliphatic rings. The van der Waals surface area contributed by atoms with Crippen molar-refractivity contribution >= 4 is 16.8 Å². The van der Waals surface area contributed by atoms with Crippen LogP contribution >= 0.6 is 11.6 Å². The van der Waals surface area contributed by atoms with E-state index in [-0.39, 0.29) is 5.24 Å². The summed E-state index contributed by atoms with van der Waals surface area (Å²) in [7, 11) is 0. The number of unbranched alkanes of at least 4 members (excludes halogenated alkanes) is 17. The van der Waals surface area contributed by atoms with Gasteiger partial charge in [0.1, 0.15) is 0 Å². The van der Waals surface area contributed by atoms with Gasteiger partial charge < -0.3 is 0 Å². The maximum atomic E-state index is 10.6. The van der Waals surface area contributed by atoms with E-state index in [4.69, 9.17) is 11.6 Å². The van der Waals surface area contributed by atoms with Crippen LogP contribution in [-0.4, -0.2) is 5.24 Å². The average molecular weight is 371 g/mol. The zero-order valence-electron chi connectivity index (χ0n) is 16.9. The summed E-state index contributed by atoms with van der Waals surface area (Å²) < 4.78 is 0. The van der Waals surface area contributed by atoms with E-state index in [0.717, 1.165) is 12.8 Å². The molecule has 0 atom stereocenters. The summed E-state index contributed by atoms with van der Waals surface area (Å²) >= 11 is 5.32. The molecular formula is C23H43ClO. The lowest BCUT2D eigenvalue weighted by Gasteiger charge is -2.03. The van der Waals surface area contributed by atoms with E-state index in [1.807, 2.05) is 0 Å². The minimum Gasteiger partial charge on any atom is -0.281 e. The summed E-state index contributed by atoms with van der Waals surface area (Å²) in [6, 6.07) is 0. The van der Waals surface area contributed by atoms with E-state index < -0.39 is 0 Å². The Hall–Kier alpha value is -0.300. The van der Waals surface area contributed by atoms with Crippen LogP contribution < -0.4 is 0 Å². The van der Waals surface area contributed by atoms with Crippen LogP contribution in [0.5, 0.6) is 0 Å². The molecule has 2 heteroatoms. The lowest BCUT2D eigenvalue weighted by atomic mass is 10.0. The fraction of sp³-hybridized carbons (Fsp3) is 0.870. The van der Waals surface area contributed by atoms with Crippen molar-refractivity contribution in [1.29, 1.82) is 0 Å². The number of rotatable bonds is 20. The van der Waals surface area contributed by atoms with Gasteiger partial charge in [0.15, 0.2) is 0 Å². The third-order valence-corrected chi connectivity index (χ3v) is 5.17. The molecule has 0 heterocycles. The number of hydrogen-bond donors (Lipinski definition) is 0. The monoisotopic (exact) mass is 370 g/mol. The topological polar surface area (TPSA) is 17.1 Å². The van der Waals surface area contributed by atoms with Crippen LogP contribution in [0, 0.1) is 0 Å². The van der Waals surface area contributed by atoms with Crippen LogP contribution in [0.1, 0.15) is 129 Å². The molecular weight excluding hydrogens is 328 g/mol. The molecule has 0 saturated heterocycles. The first-order valence-electron chi connectivity index (χ1n) is 11.1. The molecule has 25 heavy (non-hydrogen) atoms. The van der Waals surface area contributed by atoms with Gasteiger partial charge in [-0.2, -0.15) is 0 Å². The molecule has 0 bridgehead atoms. The molecule has 0 aromatic carbocycles. The highest BCUT2D eigenvalue weighted by molar-refractivity contribution is 6.63. The van der Waals surface area contributed by atoms with Gasteiger partial charge in [0.25, 0.3) is 0 Å². The zero-order chi connectivity index (χ0) is 18.4. The molecule has 0 amide bonds. The van der Waals surface area contributed by atoms with Gasteiger partial charge in [-0.05, 0) is 37.8 Å². The predicted molar refractivity (Wildman–Crippen MR) is 113 cm³/mol. The van der Waals surface area contributed by atoms with Crippen molar-refractivity contribution in [3.8, 4) is 0 Å². The quantitative estimate of drug-likeness (QED) is 0.119. The van der Waals surface area contributed by atoms with Crippen molar-refractivity contribution in [3.05, 3.63) is 12.2 Å². The largest absolute Gasteiger partial charge is 0.281 e. The molecule has 0 aromatic rings. The molecule has 1 nitrogen and oxygen atoms in total. The Kier molecular flexibility index (Phi) is 21.5.